The average molecular weight is 165 g/mol. The summed E-state index contributed by atoms with van der Waals surface area (Å²) in [4.78, 5) is 11.0. The van der Waals surface area contributed by atoms with Crippen molar-refractivity contribution in [3.8, 4) is 5.75 Å². The molecule has 3 heteroatoms. The Morgan fingerprint density at radius 3 is 2.58 bits per heavy atom. The summed E-state index contributed by atoms with van der Waals surface area (Å²) in [6.07, 6.45) is 0. The summed E-state index contributed by atoms with van der Waals surface area (Å²) in [6, 6.07) is 2.99. The number of Topliss-reactive ketones (excluding diaryl/α,β-unsaturated/α-hetero) is 1. The Morgan fingerprint density at radius 2 is 2.08 bits per heavy atom. The molecule has 0 aliphatic heterocycles. The third-order valence-electron chi connectivity index (χ3n) is 1.75. The SMILES string of the molecule is CC(=O)c1cc(N)c(O)cc1C. The highest BCUT2D eigenvalue weighted by atomic mass is 16.3. The molecule has 64 valence electrons. The lowest BCUT2D eigenvalue weighted by Gasteiger charge is -2.04. The predicted molar refractivity (Wildman–Crippen MR) is 47.3 cm³/mol. The van der Waals surface area contributed by atoms with Gasteiger partial charge in [0.1, 0.15) is 5.75 Å². The van der Waals surface area contributed by atoms with Crippen LogP contribution in [0.25, 0.3) is 0 Å². The van der Waals surface area contributed by atoms with Gasteiger partial charge in [0.15, 0.2) is 5.78 Å². The maximum atomic E-state index is 11.0. The molecule has 0 spiro atoms. The zero-order valence-corrected chi connectivity index (χ0v) is 7.09. The van der Waals surface area contributed by atoms with Crippen molar-refractivity contribution in [3.63, 3.8) is 0 Å². The fourth-order valence-electron chi connectivity index (χ4n) is 1.09. The Kier molecular flexibility index (Phi) is 2.04. The Bertz CT molecular complexity index is 332. The first-order valence-corrected chi connectivity index (χ1v) is 3.62. The van der Waals surface area contributed by atoms with Crippen molar-refractivity contribution in [3.05, 3.63) is 23.3 Å². The van der Waals surface area contributed by atoms with E-state index in [1.807, 2.05) is 0 Å². The molecule has 3 nitrogen and oxygen atoms in total. The van der Waals surface area contributed by atoms with E-state index in [1.54, 1.807) is 6.92 Å². The lowest BCUT2D eigenvalue weighted by atomic mass is 10.0. The second-order valence-corrected chi connectivity index (χ2v) is 2.78. The van der Waals surface area contributed by atoms with Gasteiger partial charge in [-0.3, -0.25) is 4.79 Å². The van der Waals surface area contributed by atoms with Gasteiger partial charge < -0.3 is 10.8 Å². The standard InChI is InChI=1S/C9H11NO2/c1-5-3-9(12)8(10)4-7(5)6(2)11/h3-4,12H,10H2,1-2H3. The van der Waals surface area contributed by atoms with Crippen molar-refractivity contribution in [2.24, 2.45) is 0 Å². The number of phenols is 1. The van der Waals surface area contributed by atoms with Gasteiger partial charge in [-0.25, -0.2) is 0 Å². The third kappa shape index (κ3) is 1.39. The number of benzene rings is 1. The van der Waals surface area contributed by atoms with Gasteiger partial charge >= 0.3 is 0 Å². The van der Waals surface area contributed by atoms with Crippen LogP contribution in [0.15, 0.2) is 12.1 Å². The number of phenolic OH excluding ortho intramolecular Hbond substituents is 1. The highest BCUT2D eigenvalue weighted by Crippen LogP contribution is 2.24. The number of rotatable bonds is 1. The number of carbonyl (C=O) groups excluding carboxylic acids is 1. The molecule has 1 aromatic carbocycles. The maximum Gasteiger partial charge on any atom is 0.160 e. The number of aromatic hydroxyl groups is 1. The zero-order valence-electron chi connectivity index (χ0n) is 7.09. The van der Waals surface area contributed by atoms with Crippen molar-refractivity contribution >= 4 is 11.5 Å². The molecule has 0 bridgehead atoms. The molecule has 0 saturated heterocycles. The normalized spacial score (nSPS) is 9.83. The minimum absolute atomic E-state index is 0.0255. The molecule has 0 fully saturated rings. The molecule has 0 heterocycles. The summed E-state index contributed by atoms with van der Waals surface area (Å²) in [5.74, 6) is -0.0169. The number of hydrogen-bond acceptors (Lipinski definition) is 3. The van der Waals surface area contributed by atoms with Crippen LogP contribution < -0.4 is 5.73 Å². The molecule has 1 aromatic rings. The Morgan fingerprint density at radius 1 is 1.50 bits per heavy atom. The van der Waals surface area contributed by atoms with E-state index in [0.29, 0.717) is 5.56 Å². The second kappa shape index (κ2) is 2.85. The van der Waals surface area contributed by atoms with Crippen molar-refractivity contribution < 1.29 is 9.90 Å². The molecule has 0 aliphatic carbocycles. The van der Waals surface area contributed by atoms with Gasteiger partial charge in [0.05, 0.1) is 5.69 Å². The van der Waals surface area contributed by atoms with Gasteiger partial charge in [0.2, 0.25) is 0 Å². The first-order chi connectivity index (χ1) is 5.52. The van der Waals surface area contributed by atoms with E-state index in [1.165, 1.54) is 19.1 Å². The molecule has 0 aliphatic rings. The van der Waals surface area contributed by atoms with Crippen molar-refractivity contribution in [1.82, 2.24) is 0 Å². The molecule has 3 N–H and O–H groups in total. The molecule has 12 heavy (non-hydrogen) atoms. The van der Waals surface area contributed by atoms with E-state index < -0.39 is 0 Å². The quantitative estimate of drug-likeness (QED) is 0.376. The van der Waals surface area contributed by atoms with E-state index >= 15 is 0 Å². The summed E-state index contributed by atoms with van der Waals surface area (Å²) in [6.45, 7) is 3.23. The van der Waals surface area contributed by atoms with Crippen LogP contribution in [0.3, 0.4) is 0 Å². The molecule has 0 unspecified atom stereocenters. The molecule has 0 aromatic heterocycles. The molecular weight excluding hydrogens is 154 g/mol. The number of nitrogens with two attached hydrogens (primary N) is 1. The third-order valence-corrected chi connectivity index (χ3v) is 1.75. The number of hydrogen-bond donors (Lipinski definition) is 2. The van der Waals surface area contributed by atoms with Gasteiger partial charge in [-0.05, 0) is 31.5 Å². The highest BCUT2D eigenvalue weighted by molar-refractivity contribution is 5.96. The number of anilines is 1. The Balaban J connectivity index is 3.33. The monoisotopic (exact) mass is 165 g/mol. The van der Waals surface area contributed by atoms with E-state index in [4.69, 9.17) is 5.73 Å². The van der Waals surface area contributed by atoms with Crippen LogP contribution in [-0.2, 0) is 0 Å². The molecule has 0 saturated carbocycles. The highest BCUT2D eigenvalue weighted by Gasteiger charge is 2.06. The fourth-order valence-corrected chi connectivity index (χ4v) is 1.09. The summed E-state index contributed by atoms with van der Waals surface area (Å²) in [5, 5.41) is 9.17. The molecule has 0 atom stereocenters. The summed E-state index contributed by atoms with van der Waals surface area (Å²) in [5.41, 5.74) is 6.97. The largest absolute Gasteiger partial charge is 0.506 e. The molecular formula is C9H11NO2. The van der Waals surface area contributed by atoms with Crippen LogP contribution >= 0.6 is 0 Å². The minimum Gasteiger partial charge on any atom is -0.506 e. The maximum absolute atomic E-state index is 11.0. The smallest absolute Gasteiger partial charge is 0.160 e. The Hall–Kier alpha value is -1.51. The topological polar surface area (TPSA) is 63.3 Å². The lowest BCUT2D eigenvalue weighted by Crippen LogP contribution is -1.98. The van der Waals surface area contributed by atoms with Crippen molar-refractivity contribution in [1.29, 1.82) is 0 Å². The van der Waals surface area contributed by atoms with Crippen molar-refractivity contribution in [2.75, 3.05) is 5.73 Å². The van der Waals surface area contributed by atoms with Crippen LogP contribution in [0, 0.1) is 6.92 Å². The van der Waals surface area contributed by atoms with Crippen LogP contribution in [0.5, 0.6) is 5.75 Å². The fraction of sp³-hybridized carbons (Fsp3) is 0.222. The van der Waals surface area contributed by atoms with E-state index in [-0.39, 0.29) is 17.2 Å². The Labute approximate surface area is 70.8 Å². The van der Waals surface area contributed by atoms with Crippen LogP contribution in [0.1, 0.15) is 22.8 Å². The number of carbonyl (C=O) groups is 1. The predicted octanol–water partition coefficient (Wildman–Crippen LogP) is 1.49. The number of aryl methyl sites for hydroxylation is 1. The van der Waals surface area contributed by atoms with Crippen LogP contribution in [0.2, 0.25) is 0 Å². The first-order valence-electron chi connectivity index (χ1n) is 3.62. The summed E-state index contributed by atoms with van der Waals surface area (Å²) >= 11 is 0. The molecule has 0 amide bonds. The average Bonchev–Trinajstić information content (AvgIpc) is 1.96. The van der Waals surface area contributed by atoms with Gasteiger partial charge in [0.25, 0.3) is 0 Å². The zero-order chi connectivity index (χ0) is 9.30. The van der Waals surface area contributed by atoms with E-state index in [2.05, 4.69) is 0 Å². The van der Waals surface area contributed by atoms with Crippen LogP contribution in [0.4, 0.5) is 5.69 Å². The molecule has 0 radical (unpaired) electrons. The van der Waals surface area contributed by atoms with Gasteiger partial charge in [-0.15, -0.1) is 0 Å². The lowest BCUT2D eigenvalue weighted by molar-refractivity contribution is 0.101. The van der Waals surface area contributed by atoms with Crippen molar-refractivity contribution in [2.45, 2.75) is 13.8 Å². The first kappa shape index (κ1) is 8.59. The summed E-state index contributed by atoms with van der Waals surface area (Å²) in [7, 11) is 0. The summed E-state index contributed by atoms with van der Waals surface area (Å²) < 4.78 is 0. The van der Waals surface area contributed by atoms with Gasteiger partial charge in [0, 0.05) is 5.56 Å². The van der Waals surface area contributed by atoms with E-state index in [0.717, 1.165) is 5.56 Å². The second-order valence-electron chi connectivity index (χ2n) is 2.78. The van der Waals surface area contributed by atoms with Crippen LogP contribution in [-0.4, -0.2) is 10.9 Å². The van der Waals surface area contributed by atoms with Gasteiger partial charge in [-0.1, -0.05) is 0 Å². The number of ketones is 1. The van der Waals surface area contributed by atoms with E-state index in [9.17, 15) is 9.90 Å². The number of nitrogen functional groups attached to an aromatic ring is 1. The molecule has 1 rings (SSSR count). The minimum atomic E-state index is -0.0424. The van der Waals surface area contributed by atoms with Gasteiger partial charge in [-0.2, -0.15) is 0 Å².